The number of anilines is 1. The zero-order valence-corrected chi connectivity index (χ0v) is 11.8. The van der Waals surface area contributed by atoms with E-state index in [2.05, 4.69) is 5.32 Å². The van der Waals surface area contributed by atoms with Crippen LogP contribution in [0.3, 0.4) is 0 Å². The summed E-state index contributed by atoms with van der Waals surface area (Å²) in [5.74, 6) is -2.65. The van der Waals surface area contributed by atoms with Gasteiger partial charge in [-0.05, 0) is 38.3 Å². The molecule has 1 aromatic carbocycles. The van der Waals surface area contributed by atoms with Crippen molar-refractivity contribution < 1.29 is 19.5 Å². The summed E-state index contributed by atoms with van der Waals surface area (Å²) in [5.41, 5.74) is 1.56. The lowest BCUT2D eigenvalue weighted by Gasteiger charge is -2.32. The Morgan fingerprint density at radius 2 is 1.86 bits per heavy atom. The van der Waals surface area contributed by atoms with Crippen LogP contribution in [0, 0.1) is 6.92 Å². The molecule has 1 saturated heterocycles. The number of aryl methyl sites for hydroxylation is 1. The summed E-state index contributed by atoms with van der Waals surface area (Å²) in [7, 11) is 0. The minimum Gasteiger partial charge on any atom is -0.480 e. The number of aliphatic carboxylic acids is 1. The molecule has 0 spiro atoms. The van der Waals surface area contributed by atoms with Crippen molar-refractivity contribution in [1.82, 2.24) is 4.90 Å². The van der Waals surface area contributed by atoms with Gasteiger partial charge in [-0.25, -0.2) is 4.79 Å². The Balaban J connectivity index is 2.05. The van der Waals surface area contributed by atoms with Gasteiger partial charge in [-0.1, -0.05) is 17.7 Å². The Labute approximate surface area is 122 Å². The molecule has 0 aliphatic carbocycles. The minimum absolute atomic E-state index is 0.303. The summed E-state index contributed by atoms with van der Waals surface area (Å²) < 4.78 is 0. The van der Waals surface area contributed by atoms with Crippen LogP contribution in [0.15, 0.2) is 24.3 Å². The first-order chi connectivity index (χ1) is 9.99. The monoisotopic (exact) mass is 290 g/mol. The molecule has 0 bridgehead atoms. The molecule has 0 saturated carbocycles. The molecule has 0 aromatic heterocycles. The van der Waals surface area contributed by atoms with E-state index in [0.29, 0.717) is 25.1 Å². The number of benzene rings is 1. The van der Waals surface area contributed by atoms with Crippen molar-refractivity contribution in [2.45, 2.75) is 32.2 Å². The first-order valence-electron chi connectivity index (χ1n) is 6.90. The van der Waals surface area contributed by atoms with E-state index in [1.807, 2.05) is 19.1 Å². The van der Waals surface area contributed by atoms with Crippen LogP contribution in [0.2, 0.25) is 0 Å². The normalized spacial score (nSPS) is 18.1. The number of amides is 2. The van der Waals surface area contributed by atoms with Crippen LogP contribution < -0.4 is 5.32 Å². The smallest absolute Gasteiger partial charge is 0.326 e. The number of nitrogens with zero attached hydrogens (tertiary/aromatic N) is 1. The van der Waals surface area contributed by atoms with E-state index < -0.39 is 23.8 Å². The van der Waals surface area contributed by atoms with Crippen LogP contribution in [0.5, 0.6) is 0 Å². The molecule has 6 heteroatoms. The minimum atomic E-state index is -1.06. The van der Waals surface area contributed by atoms with Gasteiger partial charge in [-0.3, -0.25) is 9.59 Å². The van der Waals surface area contributed by atoms with Crippen molar-refractivity contribution >= 4 is 23.5 Å². The number of hydrogen-bond donors (Lipinski definition) is 2. The predicted molar refractivity (Wildman–Crippen MR) is 76.8 cm³/mol. The molecule has 6 nitrogen and oxygen atoms in total. The molecule has 1 aromatic rings. The zero-order valence-electron chi connectivity index (χ0n) is 11.8. The van der Waals surface area contributed by atoms with E-state index >= 15 is 0 Å². The van der Waals surface area contributed by atoms with E-state index in [4.69, 9.17) is 5.11 Å². The molecule has 2 amide bonds. The SMILES string of the molecule is Cc1ccc(NC(=O)C(=O)N2CCCC[C@H]2C(=O)O)cc1. The Bertz CT molecular complexity index is 553. The van der Waals surface area contributed by atoms with Gasteiger partial charge in [-0.2, -0.15) is 0 Å². The highest BCUT2D eigenvalue weighted by molar-refractivity contribution is 6.39. The molecule has 0 unspecified atom stereocenters. The molecule has 112 valence electrons. The van der Waals surface area contributed by atoms with E-state index in [1.165, 1.54) is 0 Å². The molecule has 1 aliphatic rings. The van der Waals surface area contributed by atoms with Gasteiger partial charge in [0.15, 0.2) is 0 Å². The van der Waals surface area contributed by atoms with Crippen molar-refractivity contribution in [3.63, 3.8) is 0 Å². The average molecular weight is 290 g/mol. The summed E-state index contributed by atoms with van der Waals surface area (Å²) >= 11 is 0. The second-order valence-electron chi connectivity index (χ2n) is 5.17. The van der Waals surface area contributed by atoms with Crippen molar-refractivity contribution in [2.75, 3.05) is 11.9 Å². The summed E-state index contributed by atoms with van der Waals surface area (Å²) in [6.07, 6.45) is 1.85. The van der Waals surface area contributed by atoms with Crippen LogP contribution in [0.4, 0.5) is 5.69 Å². The third-order valence-corrected chi connectivity index (χ3v) is 3.55. The topological polar surface area (TPSA) is 86.7 Å². The molecule has 21 heavy (non-hydrogen) atoms. The first-order valence-corrected chi connectivity index (χ1v) is 6.90. The molecular weight excluding hydrogens is 272 g/mol. The number of piperidine rings is 1. The van der Waals surface area contributed by atoms with Crippen LogP contribution in [-0.2, 0) is 14.4 Å². The number of carboxylic acids is 1. The lowest BCUT2D eigenvalue weighted by Crippen LogP contribution is -2.51. The van der Waals surface area contributed by atoms with Gasteiger partial charge in [0.1, 0.15) is 6.04 Å². The molecule has 1 aliphatic heterocycles. The maximum absolute atomic E-state index is 12.1. The molecule has 1 atom stereocenters. The molecule has 2 rings (SSSR count). The number of hydrogen-bond acceptors (Lipinski definition) is 3. The Morgan fingerprint density at radius 3 is 2.48 bits per heavy atom. The van der Waals surface area contributed by atoms with E-state index in [1.54, 1.807) is 12.1 Å². The number of rotatable bonds is 2. The van der Waals surface area contributed by atoms with Gasteiger partial charge in [0.25, 0.3) is 0 Å². The summed E-state index contributed by atoms with van der Waals surface area (Å²) in [5, 5.41) is 11.6. The predicted octanol–water partition coefficient (Wildman–Crippen LogP) is 1.40. The standard InChI is InChI=1S/C15H18N2O4/c1-10-5-7-11(8-6-10)16-13(18)14(19)17-9-3-2-4-12(17)15(20)21/h5-8,12H,2-4,9H2,1H3,(H,16,18)(H,20,21)/t12-/m0/s1. The molecular formula is C15H18N2O4. The lowest BCUT2D eigenvalue weighted by molar-refractivity contribution is -0.154. The van der Waals surface area contributed by atoms with E-state index in [9.17, 15) is 14.4 Å². The second kappa shape index (κ2) is 6.39. The quantitative estimate of drug-likeness (QED) is 0.806. The third kappa shape index (κ3) is 3.59. The molecule has 1 fully saturated rings. The van der Waals surface area contributed by atoms with Gasteiger partial charge in [0, 0.05) is 12.2 Å². The van der Waals surface area contributed by atoms with Crippen LogP contribution >= 0.6 is 0 Å². The van der Waals surface area contributed by atoms with E-state index in [0.717, 1.165) is 16.9 Å². The number of carboxylic acid groups (broad SMARTS) is 1. The van der Waals surface area contributed by atoms with Gasteiger partial charge in [-0.15, -0.1) is 0 Å². The second-order valence-corrected chi connectivity index (χ2v) is 5.17. The number of carbonyl (C=O) groups excluding carboxylic acids is 2. The van der Waals surface area contributed by atoms with Crippen molar-refractivity contribution in [1.29, 1.82) is 0 Å². The molecule has 1 heterocycles. The Hall–Kier alpha value is -2.37. The van der Waals surface area contributed by atoms with Crippen molar-refractivity contribution in [3.05, 3.63) is 29.8 Å². The molecule has 2 N–H and O–H groups in total. The third-order valence-electron chi connectivity index (χ3n) is 3.55. The van der Waals surface area contributed by atoms with Crippen molar-refractivity contribution in [2.24, 2.45) is 0 Å². The summed E-state index contributed by atoms with van der Waals surface area (Å²) in [6.45, 7) is 2.22. The fraction of sp³-hybridized carbons (Fsp3) is 0.400. The first kappa shape index (κ1) is 15.0. The number of nitrogens with one attached hydrogen (secondary N) is 1. The fourth-order valence-corrected chi connectivity index (χ4v) is 2.38. The van der Waals surface area contributed by atoms with Gasteiger partial charge < -0.3 is 15.3 Å². The van der Waals surface area contributed by atoms with Crippen LogP contribution in [-0.4, -0.2) is 40.4 Å². The number of likely N-dealkylation sites (tertiary alicyclic amines) is 1. The van der Waals surface area contributed by atoms with Gasteiger partial charge >= 0.3 is 17.8 Å². The van der Waals surface area contributed by atoms with Crippen molar-refractivity contribution in [3.8, 4) is 0 Å². The van der Waals surface area contributed by atoms with Crippen LogP contribution in [0.25, 0.3) is 0 Å². The number of carbonyl (C=O) groups is 3. The largest absolute Gasteiger partial charge is 0.480 e. The highest BCUT2D eigenvalue weighted by Gasteiger charge is 2.34. The fourth-order valence-electron chi connectivity index (χ4n) is 2.38. The molecule has 0 radical (unpaired) electrons. The highest BCUT2D eigenvalue weighted by atomic mass is 16.4. The lowest BCUT2D eigenvalue weighted by atomic mass is 10.0. The van der Waals surface area contributed by atoms with Gasteiger partial charge in [0.05, 0.1) is 0 Å². The Morgan fingerprint density at radius 1 is 1.19 bits per heavy atom. The average Bonchev–Trinajstić information content (AvgIpc) is 2.48. The Kier molecular flexibility index (Phi) is 4.57. The van der Waals surface area contributed by atoms with Crippen LogP contribution in [0.1, 0.15) is 24.8 Å². The van der Waals surface area contributed by atoms with Gasteiger partial charge in [0.2, 0.25) is 0 Å². The maximum Gasteiger partial charge on any atom is 0.326 e. The maximum atomic E-state index is 12.1. The summed E-state index contributed by atoms with van der Waals surface area (Å²) in [4.78, 5) is 36.4. The highest BCUT2D eigenvalue weighted by Crippen LogP contribution is 2.18. The zero-order chi connectivity index (χ0) is 15.4. The summed E-state index contributed by atoms with van der Waals surface area (Å²) in [6, 6.07) is 6.13. The van der Waals surface area contributed by atoms with E-state index in [-0.39, 0.29) is 0 Å².